The molecule has 4 rings (SSSR count). The average Bonchev–Trinajstić information content (AvgIpc) is 3.39. The summed E-state index contributed by atoms with van der Waals surface area (Å²) < 4.78 is 16.3. The quantitative estimate of drug-likeness (QED) is 0.845. The van der Waals surface area contributed by atoms with E-state index in [4.69, 9.17) is 14.2 Å². The number of aromatic amines is 1. The molecule has 0 spiro atoms. The molecule has 2 aliphatic heterocycles. The van der Waals surface area contributed by atoms with Gasteiger partial charge in [-0.3, -0.25) is 14.8 Å². The molecule has 2 aliphatic rings. The van der Waals surface area contributed by atoms with E-state index >= 15 is 0 Å². The van der Waals surface area contributed by atoms with Gasteiger partial charge in [0.15, 0.2) is 17.3 Å². The SMILES string of the molecule is O=C(C=Cc1ccc2c(c1)OCO2)N(CC1CCCO1)c1cc[nH]n1. The topological polar surface area (TPSA) is 76.7 Å². The molecule has 0 radical (unpaired) electrons. The van der Waals surface area contributed by atoms with Crippen LogP contribution in [0.3, 0.4) is 0 Å². The van der Waals surface area contributed by atoms with Gasteiger partial charge < -0.3 is 14.2 Å². The molecule has 0 saturated carbocycles. The van der Waals surface area contributed by atoms with Crippen LogP contribution in [0.25, 0.3) is 6.08 Å². The second-order valence-electron chi connectivity index (χ2n) is 5.96. The van der Waals surface area contributed by atoms with E-state index in [1.165, 1.54) is 0 Å². The van der Waals surface area contributed by atoms with Gasteiger partial charge in [0, 0.05) is 24.9 Å². The number of ether oxygens (including phenoxy) is 3. The van der Waals surface area contributed by atoms with Crippen molar-refractivity contribution >= 4 is 17.8 Å². The van der Waals surface area contributed by atoms with Gasteiger partial charge in [0.2, 0.25) is 6.79 Å². The molecule has 1 aromatic heterocycles. The van der Waals surface area contributed by atoms with Gasteiger partial charge >= 0.3 is 0 Å². The summed E-state index contributed by atoms with van der Waals surface area (Å²) in [6.07, 6.45) is 7.05. The van der Waals surface area contributed by atoms with E-state index in [0.717, 1.165) is 30.8 Å². The van der Waals surface area contributed by atoms with E-state index in [9.17, 15) is 4.79 Å². The fourth-order valence-electron chi connectivity index (χ4n) is 2.97. The minimum Gasteiger partial charge on any atom is -0.454 e. The molecule has 7 heteroatoms. The van der Waals surface area contributed by atoms with Crippen molar-refractivity contribution in [3.63, 3.8) is 0 Å². The molecule has 130 valence electrons. The predicted molar refractivity (Wildman–Crippen MR) is 91.5 cm³/mol. The number of H-pyrrole nitrogens is 1. The van der Waals surface area contributed by atoms with E-state index in [-0.39, 0.29) is 18.8 Å². The molecule has 2 aromatic rings. The number of hydrogen-bond acceptors (Lipinski definition) is 5. The summed E-state index contributed by atoms with van der Waals surface area (Å²) in [4.78, 5) is 14.3. The maximum Gasteiger partial charge on any atom is 0.252 e. The lowest BCUT2D eigenvalue weighted by Gasteiger charge is -2.22. The van der Waals surface area contributed by atoms with Gasteiger partial charge in [0.1, 0.15) is 0 Å². The zero-order valence-corrected chi connectivity index (χ0v) is 13.7. The van der Waals surface area contributed by atoms with Crippen molar-refractivity contribution in [1.82, 2.24) is 10.2 Å². The highest BCUT2D eigenvalue weighted by Crippen LogP contribution is 2.32. The highest BCUT2D eigenvalue weighted by Gasteiger charge is 2.23. The molecule has 1 amide bonds. The van der Waals surface area contributed by atoms with Crippen LogP contribution in [0.15, 0.2) is 36.5 Å². The highest BCUT2D eigenvalue weighted by atomic mass is 16.7. The normalized spacial score (nSPS) is 18.8. The first-order valence-corrected chi connectivity index (χ1v) is 8.30. The van der Waals surface area contributed by atoms with Gasteiger partial charge in [-0.25, -0.2) is 0 Å². The number of nitrogens with one attached hydrogen (secondary N) is 1. The molecule has 1 atom stereocenters. The van der Waals surface area contributed by atoms with Crippen LogP contribution in [0.1, 0.15) is 18.4 Å². The molecule has 1 aromatic carbocycles. The number of fused-ring (bicyclic) bond motifs is 1. The highest BCUT2D eigenvalue weighted by molar-refractivity contribution is 6.03. The fourth-order valence-corrected chi connectivity index (χ4v) is 2.97. The standard InChI is InChI=1S/C18H19N3O4/c22-18(6-4-13-3-5-15-16(10-13)25-12-24-15)21(17-7-8-19-20-17)11-14-2-1-9-23-14/h3-8,10,14H,1-2,9,11-12H2,(H,19,20). The van der Waals surface area contributed by atoms with Crippen molar-refractivity contribution in [3.8, 4) is 11.5 Å². The average molecular weight is 341 g/mol. The Morgan fingerprint density at radius 2 is 2.24 bits per heavy atom. The van der Waals surface area contributed by atoms with Crippen molar-refractivity contribution in [2.24, 2.45) is 0 Å². The molecule has 0 bridgehead atoms. The van der Waals surface area contributed by atoms with Gasteiger partial charge in [-0.15, -0.1) is 0 Å². The van der Waals surface area contributed by atoms with E-state index in [2.05, 4.69) is 10.2 Å². The maximum absolute atomic E-state index is 12.7. The van der Waals surface area contributed by atoms with E-state index < -0.39 is 0 Å². The third-order valence-corrected chi connectivity index (χ3v) is 4.25. The summed E-state index contributed by atoms with van der Waals surface area (Å²) in [6.45, 7) is 1.48. The van der Waals surface area contributed by atoms with Crippen LogP contribution in [-0.2, 0) is 9.53 Å². The molecule has 25 heavy (non-hydrogen) atoms. The number of carbonyl (C=O) groups excluding carboxylic acids is 1. The Balaban J connectivity index is 1.49. The summed E-state index contributed by atoms with van der Waals surface area (Å²) in [5, 5.41) is 6.89. The van der Waals surface area contributed by atoms with Crippen LogP contribution in [0.2, 0.25) is 0 Å². The van der Waals surface area contributed by atoms with Crippen molar-refractivity contribution in [2.45, 2.75) is 18.9 Å². The number of benzene rings is 1. The van der Waals surface area contributed by atoms with E-state index in [0.29, 0.717) is 18.1 Å². The lowest BCUT2D eigenvalue weighted by Crippen LogP contribution is -2.36. The zero-order valence-electron chi connectivity index (χ0n) is 13.7. The lowest BCUT2D eigenvalue weighted by molar-refractivity contribution is -0.114. The van der Waals surface area contributed by atoms with E-state index in [1.54, 1.807) is 29.3 Å². The summed E-state index contributed by atoms with van der Waals surface area (Å²) in [5.74, 6) is 1.87. The fraction of sp³-hybridized carbons (Fsp3) is 0.333. The van der Waals surface area contributed by atoms with Crippen LogP contribution in [0, 0.1) is 0 Å². The smallest absolute Gasteiger partial charge is 0.252 e. The molecule has 1 saturated heterocycles. The third kappa shape index (κ3) is 3.51. The molecule has 1 N–H and O–H groups in total. The predicted octanol–water partition coefficient (Wildman–Crippen LogP) is 2.36. The number of aromatic nitrogens is 2. The molecular weight excluding hydrogens is 322 g/mol. The molecule has 0 aliphatic carbocycles. The van der Waals surface area contributed by atoms with Crippen molar-refractivity contribution < 1.29 is 19.0 Å². The van der Waals surface area contributed by atoms with Gasteiger partial charge in [0.05, 0.1) is 12.6 Å². The Bertz CT molecular complexity index is 767. The van der Waals surface area contributed by atoms with Crippen molar-refractivity contribution in [2.75, 3.05) is 24.8 Å². The Morgan fingerprint density at radius 1 is 1.32 bits per heavy atom. The van der Waals surface area contributed by atoms with E-state index in [1.807, 2.05) is 18.2 Å². The zero-order chi connectivity index (χ0) is 17.1. The second-order valence-corrected chi connectivity index (χ2v) is 5.96. The van der Waals surface area contributed by atoms with Crippen molar-refractivity contribution in [1.29, 1.82) is 0 Å². The minimum absolute atomic E-state index is 0.0552. The maximum atomic E-state index is 12.7. The molecule has 3 heterocycles. The number of amides is 1. The Morgan fingerprint density at radius 3 is 3.04 bits per heavy atom. The summed E-state index contributed by atoms with van der Waals surface area (Å²) in [7, 11) is 0. The second kappa shape index (κ2) is 6.98. The first-order chi connectivity index (χ1) is 12.3. The number of nitrogens with zero attached hydrogens (tertiary/aromatic N) is 2. The van der Waals surface area contributed by atoms with Crippen LogP contribution < -0.4 is 14.4 Å². The lowest BCUT2D eigenvalue weighted by atomic mass is 10.2. The first kappa shape index (κ1) is 15.7. The largest absolute Gasteiger partial charge is 0.454 e. The van der Waals surface area contributed by atoms with Gasteiger partial charge in [-0.2, -0.15) is 5.10 Å². The number of rotatable bonds is 5. The number of anilines is 1. The van der Waals surface area contributed by atoms with Crippen LogP contribution in [0.5, 0.6) is 11.5 Å². The Kier molecular flexibility index (Phi) is 4.39. The Hall–Kier alpha value is -2.80. The molecule has 7 nitrogen and oxygen atoms in total. The number of hydrogen-bond donors (Lipinski definition) is 1. The van der Waals surface area contributed by atoms with Gasteiger partial charge in [-0.05, 0) is 36.6 Å². The monoisotopic (exact) mass is 341 g/mol. The third-order valence-electron chi connectivity index (χ3n) is 4.25. The van der Waals surface area contributed by atoms with Crippen LogP contribution >= 0.6 is 0 Å². The van der Waals surface area contributed by atoms with Gasteiger partial charge in [0.25, 0.3) is 5.91 Å². The number of carbonyl (C=O) groups is 1. The summed E-state index contributed by atoms with van der Waals surface area (Å²) in [5.41, 5.74) is 0.872. The minimum atomic E-state index is -0.139. The van der Waals surface area contributed by atoms with Crippen LogP contribution in [-0.4, -0.2) is 42.2 Å². The van der Waals surface area contributed by atoms with Gasteiger partial charge in [-0.1, -0.05) is 6.07 Å². The Labute approximate surface area is 145 Å². The first-order valence-electron chi connectivity index (χ1n) is 8.30. The van der Waals surface area contributed by atoms with Crippen molar-refractivity contribution in [3.05, 3.63) is 42.1 Å². The van der Waals surface area contributed by atoms with Crippen LogP contribution in [0.4, 0.5) is 5.82 Å². The molecule has 1 fully saturated rings. The molecular formula is C18H19N3O4. The summed E-state index contributed by atoms with van der Waals surface area (Å²) >= 11 is 0. The summed E-state index contributed by atoms with van der Waals surface area (Å²) in [6, 6.07) is 7.35. The molecule has 1 unspecified atom stereocenters.